The van der Waals surface area contributed by atoms with Gasteiger partial charge >= 0.3 is 5.97 Å². The molecular formula is C17H25NO3S. The summed E-state index contributed by atoms with van der Waals surface area (Å²) in [4.78, 5) is 22.3. The van der Waals surface area contributed by atoms with Crippen LogP contribution >= 0.6 is 11.8 Å². The number of nitrogens with one attached hydrogen (secondary N) is 1. The highest BCUT2D eigenvalue weighted by atomic mass is 32.2. The Morgan fingerprint density at radius 1 is 1.36 bits per heavy atom. The van der Waals surface area contributed by atoms with E-state index in [1.165, 1.54) is 0 Å². The molecule has 0 aliphatic rings. The van der Waals surface area contributed by atoms with Crippen LogP contribution in [0.5, 0.6) is 0 Å². The Morgan fingerprint density at radius 3 is 2.59 bits per heavy atom. The van der Waals surface area contributed by atoms with Crippen LogP contribution in [0, 0.1) is 0 Å². The molecule has 2 N–H and O–H groups in total. The highest BCUT2D eigenvalue weighted by molar-refractivity contribution is 8.00. The first kappa shape index (κ1) is 18.6. The Morgan fingerprint density at radius 2 is 2.05 bits per heavy atom. The van der Waals surface area contributed by atoms with E-state index < -0.39 is 16.8 Å². The molecule has 0 saturated heterocycles. The van der Waals surface area contributed by atoms with Crippen molar-refractivity contribution in [3.8, 4) is 0 Å². The highest BCUT2D eigenvalue weighted by Crippen LogP contribution is 2.36. The molecule has 0 saturated carbocycles. The van der Waals surface area contributed by atoms with Crippen LogP contribution < -0.4 is 5.32 Å². The lowest BCUT2D eigenvalue weighted by Gasteiger charge is -2.34. The van der Waals surface area contributed by atoms with Crippen LogP contribution in [0.2, 0.25) is 0 Å². The van der Waals surface area contributed by atoms with E-state index in [1.807, 2.05) is 37.3 Å². The predicted octanol–water partition coefficient (Wildman–Crippen LogP) is 3.46. The standard InChI is InChI=1S/C17H25NO3S/c1-3-4-8-11-17(2,15(16(20)21)18-13-19)22-12-14-9-6-5-7-10-14/h5-7,9-10,13,15H,3-4,8,11-12H2,1-2H3,(H,18,19)(H,20,21). The van der Waals surface area contributed by atoms with Crippen LogP contribution in [-0.2, 0) is 15.3 Å². The smallest absolute Gasteiger partial charge is 0.327 e. The molecule has 122 valence electrons. The summed E-state index contributed by atoms with van der Waals surface area (Å²) in [5, 5.41) is 11.9. The number of hydrogen-bond donors (Lipinski definition) is 2. The number of amides is 1. The first-order chi connectivity index (χ1) is 10.5. The van der Waals surface area contributed by atoms with Gasteiger partial charge in [-0.25, -0.2) is 4.79 Å². The number of benzene rings is 1. The number of unbranched alkanes of at least 4 members (excludes halogenated alkanes) is 2. The van der Waals surface area contributed by atoms with Crippen LogP contribution in [0.4, 0.5) is 0 Å². The van der Waals surface area contributed by atoms with E-state index in [1.54, 1.807) is 11.8 Å². The molecule has 1 rings (SSSR count). The van der Waals surface area contributed by atoms with Gasteiger partial charge in [-0.05, 0) is 18.9 Å². The van der Waals surface area contributed by atoms with Gasteiger partial charge in [0, 0.05) is 10.5 Å². The van der Waals surface area contributed by atoms with E-state index in [-0.39, 0.29) is 0 Å². The largest absolute Gasteiger partial charge is 0.480 e. The predicted molar refractivity (Wildman–Crippen MR) is 90.9 cm³/mol. The van der Waals surface area contributed by atoms with Gasteiger partial charge in [0.15, 0.2) is 0 Å². The van der Waals surface area contributed by atoms with Crippen molar-refractivity contribution < 1.29 is 14.7 Å². The summed E-state index contributed by atoms with van der Waals surface area (Å²) in [7, 11) is 0. The molecule has 2 unspecified atom stereocenters. The molecule has 0 aliphatic heterocycles. The minimum atomic E-state index is -0.980. The molecule has 0 spiro atoms. The molecule has 0 fully saturated rings. The molecule has 4 nitrogen and oxygen atoms in total. The Bertz CT molecular complexity index is 466. The summed E-state index contributed by atoms with van der Waals surface area (Å²) in [5.41, 5.74) is 1.16. The van der Waals surface area contributed by atoms with E-state index in [9.17, 15) is 14.7 Å². The third-order valence-corrected chi connectivity index (χ3v) is 5.36. The van der Waals surface area contributed by atoms with Crippen molar-refractivity contribution >= 4 is 24.1 Å². The number of hydrogen-bond acceptors (Lipinski definition) is 3. The van der Waals surface area contributed by atoms with Crippen molar-refractivity contribution in [2.24, 2.45) is 0 Å². The maximum Gasteiger partial charge on any atom is 0.327 e. The zero-order chi connectivity index (χ0) is 16.4. The van der Waals surface area contributed by atoms with Gasteiger partial charge < -0.3 is 10.4 Å². The minimum Gasteiger partial charge on any atom is -0.480 e. The molecule has 0 aliphatic carbocycles. The normalized spacial score (nSPS) is 14.8. The van der Waals surface area contributed by atoms with Crippen LogP contribution in [-0.4, -0.2) is 28.3 Å². The Labute approximate surface area is 136 Å². The SMILES string of the molecule is CCCCCC(C)(SCc1ccccc1)C(NC=O)C(=O)O. The van der Waals surface area contributed by atoms with Gasteiger partial charge in [-0.3, -0.25) is 4.79 Å². The maximum absolute atomic E-state index is 11.5. The molecule has 0 heterocycles. The summed E-state index contributed by atoms with van der Waals surface area (Å²) in [6, 6.07) is 9.09. The quantitative estimate of drug-likeness (QED) is 0.483. The van der Waals surface area contributed by atoms with E-state index in [2.05, 4.69) is 12.2 Å². The van der Waals surface area contributed by atoms with Gasteiger partial charge in [0.25, 0.3) is 0 Å². The van der Waals surface area contributed by atoms with Crippen molar-refractivity contribution in [1.29, 1.82) is 0 Å². The molecule has 1 aromatic rings. The van der Waals surface area contributed by atoms with Gasteiger partial charge in [-0.2, -0.15) is 0 Å². The lowest BCUT2D eigenvalue weighted by Crippen LogP contribution is -2.51. The lowest BCUT2D eigenvalue weighted by atomic mass is 9.94. The zero-order valence-corrected chi connectivity index (χ0v) is 14.1. The Kier molecular flexibility index (Phi) is 8.02. The number of rotatable bonds is 11. The average molecular weight is 323 g/mol. The summed E-state index contributed by atoms with van der Waals surface area (Å²) >= 11 is 1.60. The summed E-state index contributed by atoms with van der Waals surface area (Å²) in [5.74, 6) is -0.250. The second-order valence-corrected chi connectivity index (χ2v) is 7.11. The molecule has 1 aromatic carbocycles. The molecule has 2 atom stereocenters. The number of carbonyl (C=O) groups excluding carboxylic acids is 1. The second kappa shape index (κ2) is 9.51. The maximum atomic E-state index is 11.5. The molecule has 0 radical (unpaired) electrons. The minimum absolute atomic E-state index is 0.486. The van der Waals surface area contributed by atoms with E-state index in [0.717, 1.165) is 37.0 Å². The first-order valence-corrected chi connectivity index (χ1v) is 8.62. The van der Waals surface area contributed by atoms with Crippen LogP contribution in [0.1, 0.15) is 45.1 Å². The fourth-order valence-electron chi connectivity index (χ4n) is 2.43. The van der Waals surface area contributed by atoms with Crippen molar-refractivity contribution in [3.05, 3.63) is 35.9 Å². The Hall–Kier alpha value is -1.49. The molecule has 5 heteroatoms. The van der Waals surface area contributed by atoms with Crippen molar-refractivity contribution in [2.75, 3.05) is 0 Å². The third kappa shape index (κ3) is 5.72. The second-order valence-electron chi connectivity index (χ2n) is 5.60. The zero-order valence-electron chi connectivity index (χ0n) is 13.2. The molecule has 22 heavy (non-hydrogen) atoms. The molecule has 0 aromatic heterocycles. The van der Waals surface area contributed by atoms with E-state index >= 15 is 0 Å². The van der Waals surface area contributed by atoms with Gasteiger partial charge in [0.05, 0.1) is 0 Å². The van der Waals surface area contributed by atoms with Crippen LogP contribution in [0.3, 0.4) is 0 Å². The van der Waals surface area contributed by atoms with E-state index in [0.29, 0.717) is 6.41 Å². The fourth-order valence-corrected chi connectivity index (χ4v) is 3.74. The number of thioether (sulfide) groups is 1. The lowest BCUT2D eigenvalue weighted by molar-refractivity contribution is -0.141. The highest BCUT2D eigenvalue weighted by Gasteiger charge is 2.39. The van der Waals surface area contributed by atoms with Crippen molar-refractivity contribution in [1.82, 2.24) is 5.32 Å². The van der Waals surface area contributed by atoms with Crippen molar-refractivity contribution in [2.45, 2.75) is 56.1 Å². The topological polar surface area (TPSA) is 66.4 Å². The molecular weight excluding hydrogens is 298 g/mol. The number of carbonyl (C=O) groups is 2. The summed E-state index contributed by atoms with van der Waals surface area (Å²) in [6.45, 7) is 4.05. The summed E-state index contributed by atoms with van der Waals surface area (Å²) < 4.78 is -0.530. The monoisotopic (exact) mass is 323 g/mol. The molecule has 1 amide bonds. The summed E-state index contributed by atoms with van der Waals surface area (Å²) in [6.07, 6.45) is 4.35. The average Bonchev–Trinajstić information content (AvgIpc) is 2.51. The number of carboxylic acid groups (broad SMARTS) is 1. The van der Waals surface area contributed by atoms with Gasteiger partial charge in [0.1, 0.15) is 6.04 Å². The number of carboxylic acids is 1. The third-order valence-electron chi connectivity index (χ3n) is 3.78. The van der Waals surface area contributed by atoms with Crippen LogP contribution in [0.15, 0.2) is 30.3 Å². The first-order valence-electron chi connectivity index (χ1n) is 7.64. The fraction of sp³-hybridized carbons (Fsp3) is 0.529. The van der Waals surface area contributed by atoms with Crippen LogP contribution in [0.25, 0.3) is 0 Å². The molecule has 0 bridgehead atoms. The van der Waals surface area contributed by atoms with Gasteiger partial charge in [-0.1, -0.05) is 56.5 Å². The van der Waals surface area contributed by atoms with Crippen molar-refractivity contribution in [3.63, 3.8) is 0 Å². The number of aliphatic carboxylic acids is 1. The van der Waals surface area contributed by atoms with Gasteiger partial charge in [-0.15, -0.1) is 11.8 Å². The van der Waals surface area contributed by atoms with Gasteiger partial charge in [0.2, 0.25) is 6.41 Å². The van der Waals surface area contributed by atoms with E-state index in [4.69, 9.17) is 0 Å². The Balaban J connectivity index is 2.83.